The molecule has 0 atom stereocenters. The molecular formula is C16H34N2. The van der Waals surface area contributed by atoms with Gasteiger partial charge in [-0.1, -0.05) is 39.5 Å². The quantitative estimate of drug-likeness (QED) is 0.579. The van der Waals surface area contributed by atoms with Crippen LogP contribution in [0.2, 0.25) is 0 Å². The molecule has 1 saturated carbocycles. The van der Waals surface area contributed by atoms with Gasteiger partial charge in [-0.3, -0.25) is 0 Å². The van der Waals surface area contributed by atoms with E-state index in [-0.39, 0.29) is 0 Å². The van der Waals surface area contributed by atoms with Gasteiger partial charge in [0.05, 0.1) is 0 Å². The molecule has 1 fully saturated rings. The van der Waals surface area contributed by atoms with Gasteiger partial charge in [0, 0.05) is 12.1 Å². The summed E-state index contributed by atoms with van der Waals surface area (Å²) in [5.41, 5.74) is 0. The summed E-state index contributed by atoms with van der Waals surface area (Å²) < 4.78 is 0. The zero-order valence-electron chi connectivity index (χ0n) is 12.6. The highest BCUT2D eigenvalue weighted by Gasteiger charge is 2.19. The Labute approximate surface area is 114 Å². The summed E-state index contributed by atoms with van der Waals surface area (Å²) in [7, 11) is 0. The van der Waals surface area contributed by atoms with Crippen LogP contribution in [-0.4, -0.2) is 25.2 Å². The second kappa shape index (κ2) is 10.8. The van der Waals surface area contributed by atoms with Gasteiger partial charge in [-0.15, -0.1) is 0 Å². The molecule has 1 aliphatic rings. The fourth-order valence-electron chi connectivity index (χ4n) is 2.86. The summed E-state index contributed by atoms with van der Waals surface area (Å²) in [6.07, 6.45) is 13.6. The maximum atomic E-state index is 3.73. The number of hydrogen-bond donors (Lipinski definition) is 2. The fourth-order valence-corrected chi connectivity index (χ4v) is 2.86. The van der Waals surface area contributed by atoms with Crippen LogP contribution in [0, 0.1) is 0 Å². The molecule has 2 nitrogen and oxygen atoms in total. The fraction of sp³-hybridized carbons (Fsp3) is 1.00. The predicted octanol–water partition coefficient (Wildman–Crippen LogP) is 3.86. The van der Waals surface area contributed by atoms with Crippen molar-refractivity contribution in [2.75, 3.05) is 13.1 Å². The molecule has 0 amide bonds. The molecule has 1 rings (SSSR count). The monoisotopic (exact) mass is 254 g/mol. The van der Waals surface area contributed by atoms with Crippen molar-refractivity contribution in [1.82, 2.24) is 10.6 Å². The lowest BCUT2D eigenvalue weighted by Gasteiger charge is -2.30. The van der Waals surface area contributed by atoms with Crippen molar-refractivity contribution in [3.8, 4) is 0 Å². The number of hydrogen-bond acceptors (Lipinski definition) is 2. The first kappa shape index (κ1) is 16.0. The van der Waals surface area contributed by atoms with Gasteiger partial charge in [0.2, 0.25) is 0 Å². The first-order valence-electron chi connectivity index (χ1n) is 8.33. The summed E-state index contributed by atoms with van der Waals surface area (Å²) >= 11 is 0. The molecule has 0 radical (unpaired) electrons. The van der Waals surface area contributed by atoms with E-state index in [1.807, 2.05) is 0 Å². The minimum atomic E-state index is 0.801. The number of unbranched alkanes of at least 4 members (excludes halogenated alkanes) is 4. The van der Waals surface area contributed by atoms with Crippen LogP contribution >= 0.6 is 0 Å². The first-order valence-corrected chi connectivity index (χ1v) is 8.33. The molecule has 0 aromatic rings. The minimum absolute atomic E-state index is 0.801. The summed E-state index contributed by atoms with van der Waals surface area (Å²) in [5, 5.41) is 7.45. The van der Waals surface area contributed by atoms with E-state index < -0.39 is 0 Å². The van der Waals surface area contributed by atoms with Gasteiger partial charge in [-0.25, -0.2) is 0 Å². The third kappa shape index (κ3) is 7.38. The van der Waals surface area contributed by atoms with Gasteiger partial charge in [-0.05, 0) is 51.6 Å². The molecule has 0 unspecified atom stereocenters. The highest BCUT2D eigenvalue weighted by Crippen LogP contribution is 2.18. The Kier molecular flexibility index (Phi) is 9.59. The molecule has 1 aliphatic carbocycles. The standard InChI is InChI=1S/C16H34N2/c1-3-5-7-13-17-15-9-11-16(12-10-15)18-14-8-6-4-2/h15-18H,3-14H2,1-2H3. The van der Waals surface area contributed by atoms with Gasteiger partial charge in [-0.2, -0.15) is 0 Å². The Morgan fingerprint density at radius 2 is 1.06 bits per heavy atom. The normalized spacial score (nSPS) is 24.3. The number of rotatable bonds is 10. The van der Waals surface area contributed by atoms with Crippen LogP contribution < -0.4 is 10.6 Å². The summed E-state index contributed by atoms with van der Waals surface area (Å²) in [5.74, 6) is 0. The molecule has 2 N–H and O–H groups in total. The molecule has 108 valence electrons. The largest absolute Gasteiger partial charge is 0.314 e. The molecule has 0 saturated heterocycles. The van der Waals surface area contributed by atoms with E-state index in [1.165, 1.54) is 77.3 Å². The summed E-state index contributed by atoms with van der Waals surface area (Å²) in [6, 6.07) is 1.60. The Balaban J connectivity index is 1.95. The van der Waals surface area contributed by atoms with Crippen LogP contribution in [-0.2, 0) is 0 Å². The Hall–Kier alpha value is -0.0800. The molecule has 0 aliphatic heterocycles. The molecular weight excluding hydrogens is 220 g/mol. The number of nitrogens with one attached hydrogen (secondary N) is 2. The third-order valence-corrected chi connectivity index (χ3v) is 4.15. The van der Waals surface area contributed by atoms with Gasteiger partial charge in [0.15, 0.2) is 0 Å². The van der Waals surface area contributed by atoms with E-state index >= 15 is 0 Å². The van der Waals surface area contributed by atoms with Crippen molar-refractivity contribution in [1.29, 1.82) is 0 Å². The Morgan fingerprint density at radius 1 is 0.667 bits per heavy atom. The lowest BCUT2D eigenvalue weighted by atomic mass is 9.91. The maximum Gasteiger partial charge on any atom is 0.00682 e. The second-order valence-electron chi connectivity index (χ2n) is 5.87. The SMILES string of the molecule is CCCCCNC1CCC(NCCCCC)CC1. The topological polar surface area (TPSA) is 24.1 Å². The molecule has 18 heavy (non-hydrogen) atoms. The van der Waals surface area contributed by atoms with E-state index in [9.17, 15) is 0 Å². The average Bonchev–Trinajstić information content (AvgIpc) is 2.41. The predicted molar refractivity (Wildman–Crippen MR) is 81.1 cm³/mol. The van der Waals surface area contributed by atoms with Crippen molar-refractivity contribution in [2.45, 2.75) is 90.1 Å². The highest BCUT2D eigenvalue weighted by molar-refractivity contribution is 4.80. The Bertz CT molecular complexity index is 154. The van der Waals surface area contributed by atoms with Gasteiger partial charge in [0.1, 0.15) is 0 Å². The summed E-state index contributed by atoms with van der Waals surface area (Å²) in [6.45, 7) is 7.00. The molecule has 2 heteroatoms. The van der Waals surface area contributed by atoms with E-state index in [0.717, 1.165) is 12.1 Å². The van der Waals surface area contributed by atoms with E-state index in [4.69, 9.17) is 0 Å². The summed E-state index contributed by atoms with van der Waals surface area (Å²) in [4.78, 5) is 0. The van der Waals surface area contributed by atoms with Crippen LogP contribution in [0.3, 0.4) is 0 Å². The molecule has 0 heterocycles. The highest BCUT2D eigenvalue weighted by atomic mass is 14.9. The van der Waals surface area contributed by atoms with Gasteiger partial charge < -0.3 is 10.6 Å². The molecule has 0 spiro atoms. The Morgan fingerprint density at radius 3 is 1.39 bits per heavy atom. The van der Waals surface area contributed by atoms with E-state index in [0.29, 0.717) is 0 Å². The van der Waals surface area contributed by atoms with E-state index in [2.05, 4.69) is 24.5 Å². The smallest absolute Gasteiger partial charge is 0.00682 e. The average molecular weight is 254 g/mol. The van der Waals surface area contributed by atoms with Crippen LogP contribution in [0.25, 0.3) is 0 Å². The minimum Gasteiger partial charge on any atom is -0.314 e. The van der Waals surface area contributed by atoms with Crippen LogP contribution in [0.5, 0.6) is 0 Å². The van der Waals surface area contributed by atoms with Crippen molar-refractivity contribution in [3.63, 3.8) is 0 Å². The van der Waals surface area contributed by atoms with Crippen LogP contribution in [0.1, 0.15) is 78.1 Å². The lowest BCUT2D eigenvalue weighted by molar-refractivity contribution is 0.305. The maximum absolute atomic E-state index is 3.73. The van der Waals surface area contributed by atoms with Crippen molar-refractivity contribution < 1.29 is 0 Å². The van der Waals surface area contributed by atoms with Crippen LogP contribution in [0.15, 0.2) is 0 Å². The van der Waals surface area contributed by atoms with Crippen molar-refractivity contribution in [3.05, 3.63) is 0 Å². The lowest BCUT2D eigenvalue weighted by Crippen LogP contribution is -2.40. The van der Waals surface area contributed by atoms with Gasteiger partial charge in [0.25, 0.3) is 0 Å². The zero-order chi connectivity index (χ0) is 13.1. The van der Waals surface area contributed by atoms with Crippen molar-refractivity contribution >= 4 is 0 Å². The third-order valence-electron chi connectivity index (χ3n) is 4.15. The van der Waals surface area contributed by atoms with Gasteiger partial charge >= 0.3 is 0 Å². The van der Waals surface area contributed by atoms with Crippen LogP contribution in [0.4, 0.5) is 0 Å². The van der Waals surface area contributed by atoms with Crippen molar-refractivity contribution in [2.24, 2.45) is 0 Å². The van der Waals surface area contributed by atoms with E-state index in [1.54, 1.807) is 0 Å². The molecule has 0 aromatic heterocycles. The first-order chi connectivity index (χ1) is 8.86. The molecule has 0 aromatic carbocycles. The second-order valence-corrected chi connectivity index (χ2v) is 5.87. The molecule has 0 bridgehead atoms. The zero-order valence-corrected chi connectivity index (χ0v) is 12.6.